The fourth-order valence-electron chi connectivity index (χ4n) is 3.12. The van der Waals surface area contributed by atoms with Gasteiger partial charge in [-0.25, -0.2) is 0 Å². The first-order valence-corrected chi connectivity index (χ1v) is 8.35. The van der Waals surface area contributed by atoms with Crippen molar-refractivity contribution in [3.63, 3.8) is 0 Å². The van der Waals surface area contributed by atoms with Gasteiger partial charge in [-0.1, -0.05) is 40.2 Å². The lowest BCUT2D eigenvalue weighted by molar-refractivity contribution is 0.00869. The SMILES string of the molecule is COC(C)(C)CCC1(CBr)CCCc2ccccc21. The molecule has 1 unspecified atom stereocenters. The first-order chi connectivity index (χ1) is 9.03. The molecule has 0 amide bonds. The van der Waals surface area contributed by atoms with Crippen LogP contribution in [0.15, 0.2) is 24.3 Å². The highest BCUT2D eigenvalue weighted by Crippen LogP contribution is 2.43. The Hall–Kier alpha value is -0.340. The molecule has 1 aliphatic carbocycles. The van der Waals surface area contributed by atoms with Crippen LogP contribution in [0.25, 0.3) is 0 Å². The standard InChI is InChI=1S/C17H25BrO/c1-16(2,19-3)11-12-17(13-18)10-6-8-14-7-4-5-9-15(14)17/h4-5,7,9H,6,8,10-13H2,1-3H3. The number of ether oxygens (including phenoxy) is 1. The van der Waals surface area contributed by atoms with Crippen molar-refractivity contribution in [1.82, 2.24) is 0 Å². The number of hydrogen-bond acceptors (Lipinski definition) is 1. The molecule has 106 valence electrons. The van der Waals surface area contributed by atoms with Crippen molar-refractivity contribution in [2.45, 2.75) is 57.0 Å². The lowest BCUT2D eigenvalue weighted by atomic mass is 9.68. The molecule has 0 radical (unpaired) electrons. The van der Waals surface area contributed by atoms with Crippen LogP contribution in [0.1, 0.15) is 50.7 Å². The van der Waals surface area contributed by atoms with Crippen LogP contribution in [0.5, 0.6) is 0 Å². The zero-order valence-electron chi connectivity index (χ0n) is 12.3. The Morgan fingerprint density at radius 1 is 1.32 bits per heavy atom. The highest BCUT2D eigenvalue weighted by molar-refractivity contribution is 9.09. The monoisotopic (exact) mass is 324 g/mol. The normalized spacial score (nSPS) is 23.2. The molecule has 0 aliphatic heterocycles. The molecule has 1 nitrogen and oxygen atoms in total. The van der Waals surface area contributed by atoms with Gasteiger partial charge in [-0.2, -0.15) is 0 Å². The van der Waals surface area contributed by atoms with E-state index in [0.717, 1.165) is 11.8 Å². The molecule has 2 rings (SSSR count). The molecule has 19 heavy (non-hydrogen) atoms. The number of methoxy groups -OCH3 is 1. The Balaban J connectivity index is 2.24. The Labute approximate surface area is 125 Å². The topological polar surface area (TPSA) is 9.23 Å². The molecular weight excluding hydrogens is 300 g/mol. The molecule has 0 heterocycles. The second-order valence-corrected chi connectivity index (χ2v) is 6.95. The van der Waals surface area contributed by atoms with Crippen LogP contribution in [0.3, 0.4) is 0 Å². The fourth-order valence-corrected chi connectivity index (χ4v) is 3.98. The molecule has 0 fully saturated rings. The average Bonchev–Trinajstić information content (AvgIpc) is 2.45. The van der Waals surface area contributed by atoms with Gasteiger partial charge in [0.1, 0.15) is 0 Å². The van der Waals surface area contributed by atoms with Crippen LogP contribution in [-0.4, -0.2) is 18.0 Å². The third kappa shape index (κ3) is 3.22. The maximum atomic E-state index is 5.59. The van der Waals surface area contributed by atoms with E-state index < -0.39 is 0 Å². The quantitative estimate of drug-likeness (QED) is 0.703. The minimum Gasteiger partial charge on any atom is -0.379 e. The molecule has 1 aromatic rings. The number of hydrogen-bond donors (Lipinski definition) is 0. The van der Waals surface area contributed by atoms with Crippen molar-refractivity contribution in [3.8, 4) is 0 Å². The first kappa shape index (κ1) is 15.1. The van der Waals surface area contributed by atoms with Gasteiger partial charge >= 0.3 is 0 Å². The highest BCUT2D eigenvalue weighted by Gasteiger charge is 2.36. The molecular formula is C17H25BrO. The Kier molecular flexibility index (Phi) is 4.73. The van der Waals surface area contributed by atoms with Gasteiger partial charge in [-0.15, -0.1) is 0 Å². The molecule has 0 saturated heterocycles. The van der Waals surface area contributed by atoms with Crippen molar-refractivity contribution >= 4 is 15.9 Å². The van der Waals surface area contributed by atoms with Crippen molar-refractivity contribution in [2.75, 3.05) is 12.4 Å². The summed E-state index contributed by atoms with van der Waals surface area (Å²) in [5, 5.41) is 1.05. The second kappa shape index (κ2) is 5.97. The van der Waals surface area contributed by atoms with Gasteiger partial charge in [0.25, 0.3) is 0 Å². The Bertz CT molecular complexity index is 427. The lowest BCUT2D eigenvalue weighted by Gasteiger charge is -2.40. The summed E-state index contributed by atoms with van der Waals surface area (Å²) in [6.45, 7) is 4.37. The van der Waals surface area contributed by atoms with Gasteiger partial charge in [0.05, 0.1) is 5.60 Å². The third-order valence-electron chi connectivity index (χ3n) is 4.70. The average molecular weight is 325 g/mol. The van der Waals surface area contributed by atoms with Gasteiger partial charge in [0.2, 0.25) is 0 Å². The van der Waals surface area contributed by atoms with E-state index in [1.54, 1.807) is 11.1 Å². The number of halogens is 1. The molecule has 1 atom stereocenters. The van der Waals surface area contributed by atoms with Crippen LogP contribution in [-0.2, 0) is 16.6 Å². The van der Waals surface area contributed by atoms with E-state index in [2.05, 4.69) is 54.0 Å². The summed E-state index contributed by atoms with van der Waals surface area (Å²) in [6.07, 6.45) is 6.11. The van der Waals surface area contributed by atoms with Crippen molar-refractivity contribution in [2.24, 2.45) is 0 Å². The Morgan fingerprint density at radius 3 is 2.74 bits per heavy atom. The van der Waals surface area contributed by atoms with Crippen LogP contribution in [0, 0.1) is 0 Å². The van der Waals surface area contributed by atoms with E-state index in [-0.39, 0.29) is 5.60 Å². The smallest absolute Gasteiger partial charge is 0.0623 e. The number of rotatable bonds is 5. The molecule has 1 aromatic carbocycles. The lowest BCUT2D eigenvalue weighted by Crippen LogP contribution is -2.35. The van der Waals surface area contributed by atoms with Gasteiger partial charge < -0.3 is 4.74 Å². The minimum atomic E-state index is -0.0262. The summed E-state index contributed by atoms with van der Waals surface area (Å²) >= 11 is 3.79. The predicted molar refractivity (Wildman–Crippen MR) is 85.2 cm³/mol. The summed E-state index contributed by atoms with van der Waals surface area (Å²) in [4.78, 5) is 0. The van der Waals surface area contributed by atoms with Crippen LogP contribution >= 0.6 is 15.9 Å². The predicted octanol–water partition coefficient (Wildman–Crippen LogP) is 4.86. The molecule has 1 aliphatic rings. The number of aryl methyl sites for hydroxylation is 1. The van der Waals surface area contributed by atoms with E-state index >= 15 is 0 Å². The third-order valence-corrected chi connectivity index (χ3v) is 5.78. The highest BCUT2D eigenvalue weighted by atomic mass is 79.9. The van der Waals surface area contributed by atoms with E-state index in [0.29, 0.717) is 5.41 Å². The molecule has 0 N–H and O–H groups in total. The largest absolute Gasteiger partial charge is 0.379 e. The van der Waals surface area contributed by atoms with Crippen LogP contribution in [0.4, 0.5) is 0 Å². The van der Waals surface area contributed by atoms with Gasteiger partial charge in [0.15, 0.2) is 0 Å². The maximum absolute atomic E-state index is 5.59. The summed E-state index contributed by atoms with van der Waals surface area (Å²) in [5.74, 6) is 0. The molecule has 0 saturated carbocycles. The molecule has 0 bridgehead atoms. The summed E-state index contributed by atoms with van der Waals surface area (Å²) in [6, 6.07) is 8.98. The summed E-state index contributed by atoms with van der Waals surface area (Å²) in [5.41, 5.74) is 3.38. The zero-order valence-corrected chi connectivity index (χ0v) is 13.9. The number of benzene rings is 1. The van der Waals surface area contributed by atoms with E-state index in [1.165, 1.54) is 25.7 Å². The summed E-state index contributed by atoms with van der Waals surface area (Å²) in [7, 11) is 1.82. The summed E-state index contributed by atoms with van der Waals surface area (Å²) < 4.78 is 5.59. The Morgan fingerprint density at radius 2 is 2.05 bits per heavy atom. The number of fused-ring (bicyclic) bond motifs is 1. The van der Waals surface area contributed by atoms with E-state index in [1.807, 2.05) is 7.11 Å². The van der Waals surface area contributed by atoms with Crippen molar-refractivity contribution in [1.29, 1.82) is 0 Å². The van der Waals surface area contributed by atoms with E-state index in [9.17, 15) is 0 Å². The van der Waals surface area contributed by atoms with Gasteiger partial charge in [0, 0.05) is 17.9 Å². The first-order valence-electron chi connectivity index (χ1n) is 7.22. The second-order valence-electron chi connectivity index (χ2n) is 6.39. The molecule has 0 spiro atoms. The van der Waals surface area contributed by atoms with Crippen LogP contribution in [0.2, 0.25) is 0 Å². The van der Waals surface area contributed by atoms with Gasteiger partial charge in [-0.05, 0) is 57.1 Å². The molecule has 0 aromatic heterocycles. The fraction of sp³-hybridized carbons (Fsp3) is 0.647. The zero-order chi connectivity index (χ0) is 13.9. The maximum Gasteiger partial charge on any atom is 0.0623 e. The van der Waals surface area contributed by atoms with Crippen molar-refractivity contribution in [3.05, 3.63) is 35.4 Å². The van der Waals surface area contributed by atoms with E-state index in [4.69, 9.17) is 4.74 Å². The van der Waals surface area contributed by atoms with Gasteiger partial charge in [-0.3, -0.25) is 0 Å². The number of alkyl halides is 1. The molecule has 2 heteroatoms. The van der Waals surface area contributed by atoms with Crippen LogP contribution < -0.4 is 0 Å². The van der Waals surface area contributed by atoms with Crippen molar-refractivity contribution < 1.29 is 4.74 Å². The minimum absolute atomic E-state index is 0.0262.